The van der Waals surface area contributed by atoms with Gasteiger partial charge in [-0.2, -0.15) is 0 Å². The Bertz CT molecular complexity index is 2540. The molecule has 0 saturated heterocycles. The third-order valence-corrected chi connectivity index (χ3v) is 13.8. The summed E-state index contributed by atoms with van der Waals surface area (Å²) >= 11 is 0. The minimum atomic E-state index is 0. The first kappa shape index (κ1) is 76.6. The van der Waals surface area contributed by atoms with Crippen LogP contribution in [0.1, 0.15) is 307 Å². The van der Waals surface area contributed by atoms with Crippen LogP contribution >= 0.6 is 0 Å². The van der Waals surface area contributed by atoms with Crippen LogP contribution in [0, 0.1) is 120 Å². The van der Waals surface area contributed by atoms with Gasteiger partial charge in [0, 0.05) is 57.9 Å². The summed E-state index contributed by atoms with van der Waals surface area (Å²) in [5, 5.41) is 0. The second-order valence-corrected chi connectivity index (χ2v) is 26.3. The molecule has 448 valence electrons. The Hall–Kier alpha value is -4.46. The molecule has 0 bridgehead atoms. The maximum Gasteiger partial charge on any atom is 0.131 e. The maximum atomic E-state index is 4.79. The van der Waals surface area contributed by atoms with Gasteiger partial charge in [0.15, 0.2) is 0 Å². The highest BCUT2D eigenvalue weighted by atomic mass is 14.9. The van der Waals surface area contributed by atoms with E-state index in [1.807, 2.05) is 13.8 Å². The normalized spacial score (nSPS) is 11.1. The molecule has 0 aliphatic rings. The van der Waals surface area contributed by atoms with Crippen LogP contribution in [-0.4, -0.2) is 39.9 Å². The zero-order valence-corrected chi connectivity index (χ0v) is 57.2. The lowest BCUT2D eigenvalue weighted by Gasteiger charge is -2.19. The first-order valence-corrected chi connectivity index (χ1v) is 30.2. The molecule has 5 heterocycles. The molecular weight excluding hydrogens is 965 g/mol. The Morgan fingerprint density at radius 1 is 0.266 bits per heavy atom. The fraction of sp³-hybridized carbons (Fsp3) is 0.690. The van der Waals surface area contributed by atoms with Crippen molar-refractivity contribution >= 4 is 0 Å². The second-order valence-electron chi connectivity index (χ2n) is 26.3. The molecule has 5 rings (SSSR count). The SMILES string of the molecule is C.CC(C)C.Cc1nc(C(C)C)c(C)c(C)c1CC(C)C.Cc1nc(C(C)C)c(C)nc1CC(C)C.Cc1nc(C(C)C)nc(C)c1C.Cc1nc(CC(C)C)c(C)c(C)c1C(C)C.Cc1nc(CC(C)C)nc(C)c1C(C)C. The first-order valence-electron chi connectivity index (χ1n) is 30.2. The van der Waals surface area contributed by atoms with Crippen molar-refractivity contribution in [3.8, 4) is 0 Å². The Balaban J connectivity index is 0. The van der Waals surface area contributed by atoms with Crippen LogP contribution < -0.4 is 0 Å². The van der Waals surface area contributed by atoms with Crippen LogP contribution in [0.15, 0.2) is 0 Å². The summed E-state index contributed by atoms with van der Waals surface area (Å²) in [5.41, 5.74) is 25.0. The number of hydrogen-bond donors (Lipinski definition) is 0. The quantitative estimate of drug-likeness (QED) is 0.115. The topological polar surface area (TPSA) is 103 Å². The molecule has 0 spiro atoms. The largest absolute Gasteiger partial charge is 0.258 e. The number of aryl methyl sites for hydroxylation is 8. The predicted molar refractivity (Wildman–Crippen MR) is 348 cm³/mol. The molecule has 0 aliphatic heterocycles. The lowest BCUT2D eigenvalue weighted by Crippen LogP contribution is -2.08. The molecule has 0 radical (unpaired) electrons. The number of pyridine rings is 2. The molecule has 0 aromatic carbocycles. The Labute approximate surface area is 489 Å². The van der Waals surface area contributed by atoms with Gasteiger partial charge in [-0.05, 0) is 207 Å². The molecule has 5 aromatic rings. The summed E-state index contributed by atoms with van der Waals surface area (Å²) in [7, 11) is 0. The molecule has 0 aliphatic carbocycles. The highest BCUT2D eigenvalue weighted by Gasteiger charge is 2.18. The van der Waals surface area contributed by atoms with E-state index in [1.54, 1.807) is 0 Å². The molecular formula is C71H124N8. The van der Waals surface area contributed by atoms with Crippen molar-refractivity contribution in [3.05, 3.63) is 124 Å². The molecule has 79 heavy (non-hydrogen) atoms. The molecule has 0 N–H and O–H groups in total. The number of rotatable bonds is 13. The molecule has 5 aromatic heterocycles. The summed E-state index contributed by atoms with van der Waals surface area (Å²) < 4.78 is 0. The molecule has 0 fully saturated rings. The fourth-order valence-corrected chi connectivity index (χ4v) is 9.70. The van der Waals surface area contributed by atoms with Crippen LogP contribution in [0.5, 0.6) is 0 Å². The van der Waals surface area contributed by atoms with E-state index in [0.29, 0.717) is 53.3 Å². The average molecular weight is 1090 g/mol. The van der Waals surface area contributed by atoms with Crippen LogP contribution in [0.2, 0.25) is 0 Å². The smallest absolute Gasteiger partial charge is 0.131 e. The van der Waals surface area contributed by atoms with Gasteiger partial charge in [-0.25, -0.2) is 19.9 Å². The monoisotopic (exact) mass is 1090 g/mol. The van der Waals surface area contributed by atoms with E-state index in [1.165, 1.54) is 67.3 Å². The molecule has 0 atom stereocenters. The summed E-state index contributed by atoms with van der Waals surface area (Å²) in [4.78, 5) is 36.9. The highest BCUT2D eigenvalue weighted by molar-refractivity contribution is 5.41. The van der Waals surface area contributed by atoms with Gasteiger partial charge in [-0.3, -0.25) is 19.9 Å². The van der Waals surface area contributed by atoms with E-state index in [4.69, 9.17) is 9.97 Å². The molecule has 8 nitrogen and oxygen atoms in total. The van der Waals surface area contributed by atoms with Crippen molar-refractivity contribution in [1.82, 2.24) is 39.9 Å². The summed E-state index contributed by atoms with van der Waals surface area (Å²) in [6.45, 7) is 73.9. The van der Waals surface area contributed by atoms with Gasteiger partial charge in [0.2, 0.25) is 0 Å². The van der Waals surface area contributed by atoms with E-state index in [2.05, 4.69) is 251 Å². The van der Waals surface area contributed by atoms with Gasteiger partial charge < -0.3 is 0 Å². The lowest BCUT2D eigenvalue weighted by atomic mass is 9.91. The fourth-order valence-electron chi connectivity index (χ4n) is 9.70. The maximum absolute atomic E-state index is 4.79. The third kappa shape index (κ3) is 26.3. The van der Waals surface area contributed by atoms with Crippen molar-refractivity contribution in [1.29, 1.82) is 0 Å². The number of aromatic nitrogens is 8. The standard InChI is InChI=1S/2C15H25N.2C13H22N2.C10H16N2.C4H10.CH4/c1-9(2)8-14-11(5)12(6)15(10(3)4)13(7)16-14;1-9(2)8-14-11(5)12(6)15(10(3)4)16-13(14)7;1-8(2)7-12-14-10(5)13(9(3)4)11(6)15-12;1-8(2)7-12-10(5)15-13(9(3)4)11(6)14-12;1-6(2)10-11-8(4)7(3)9(5)12-10;1-4(2)3;/h2*9-10H,8H2,1-7H3;2*8-9H,7H2,1-6H3;6H,1-5H3;4H,1-3H3;1H4. The molecule has 0 amide bonds. The van der Waals surface area contributed by atoms with Gasteiger partial charge in [-0.15, -0.1) is 0 Å². The number of hydrogen-bond acceptors (Lipinski definition) is 8. The predicted octanol–water partition coefficient (Wildman–Crippen LogP) is 20.3. The summed E-state index contributed by atoms with van der Waals surface area (Å²) in [5.74, 6) is 7.89. The van der Waals surface area contributed by atoms with Gasteiger partial charge in [0.05, 0.1) is 22.8 Å². The van der Waals surface area contributed by atoms with Crippen LogP contribution in [0.3, 0.4) is 0 Å². The zero-order chi connectivity index (χ0) is 61.0. The minimum Gasteiger partial charge on any atom is -0.258 e. The second kappa shape index (κ2) is 36.1. The zero-order valence-electron chi connectivity index (χ0n) is 57.2. The van der Waals surface area contributed by atoms with Crippen LogP contribution in [0.25, 0.3) is 0 Å². The van der Waals surface area contributed by atoms with Crippen molar-refractivity contribution in [2.24, 2.45) is 29.6 Å². The van der Waals surface area contributed by atoms with E-state index in [-0.39, 0.29) is 7.43 Å². The molecule has 0 unspecified atom stereocenters. The van der Waals surface area contributed by atoms with E-state index < -0.39 is 0 Å². The van der Waals surface area contributed by atoms with Crippen LogP contribution in [0.4, 0.5) is 0 Å². The van der Waals surface area contributed by atoms with Crippen LogP contribution in [-0.2, 0) is 25.7 Å². The summed E-state index contributed by atoms with van der Waals surface area (Å²) in [6.07, 6.45) is 4.23. The van der Waals surface area contributed by atoms with Crippen molar-refractivity contribution in [2.75, 3.05) is 0 Å². The highest BCUT2D eigenvalue weighted by Crippen LogP contribution is 2.29. The molecule has 8 heteroatoms. The first-order chi connectivity index (χ1) is 35.8. The van der Waals surface area contributed by atoms with Gasteiger partial charge in [-0.1, -0.05) is 153 Å². The Morgan fingerprint density at radius 3 is 1.03 bits per heavy atom. The van der Waals surface area contributed by atoms with Crippen molar-refractivity contribution in [3.63, 3.8) is 0 Å². The van der Waals surface area contributed by atoms with Crippen molar-refractivity contribution in [2.45, 2.75) is 298 Å². The lowest BCUT2D eigenvalue weighted by molar-refractivity contribution is 0.613. The van der Waals surface area contributed by atoms with Gasteiger partial charge >= 0.3 is 0 Å². The van der Waals surface area contributed by atoms with E-state index in [9.17, 15) is 0 Å². The Kier molecular flexibility index (Phi) is 35.0. The van der Waals surface area contributed by atoms with Crippen molar-refractivity contribution < 1.29 is 0 Å². The average Bonchev–Trinajstić information content (AvgIpc) is 3.27. The van der Waals surface area contributed by atoms with E-state index >= 15 is 0 Å². The number of nitrogens with zero attached hydrogens (tertiary/aromatic N) is 8. The molecule has 0 saturated carbocycles. The minimum absolute atomic E-state index is 0. The van der Waals surface area contributed by atoms with Gasteiger partial charge in [0.1, 0.15) is 11.6 Å². The third-order valence-electron chi connectivity index (χ3n) is 13.8. The van der Waals surface area contributed by atoms with E-state index in [0.717, 1.165) is 88.8 Å². The Morgan fingerprint density at radius 2 is 0.646 bits per heavy atom. The van der Waals surface area contributed by atoms with Gasteiger partial charge in [0.25, 0.3) is 0 Å². The summed E-state index contributed by atoms with van der Waals surface area (Å²) in [6, 6.07) is 0.